The Morgan fingerprint density at radius 2 is 1.90 bits per heavy atom. The predicted octanol–water partition coefficient (Wildman–Crippen LogP) is 4.14. The molecule has 0 bridgehead atoms. The second-order valence-electron chi connectivity index (χ2n) is 5.92. The van der Waals surface area contributed by atoms with Gasteiger partial charge < -0.3 is 30.7 Å². The number of carbonyl (C=O) groups is 1. The van der Waals surface area contributed by atoms with E-state index >= 15 is 0 Å². The van der Waals surface area contributed by atoms with Crippen molar-refractivity contribution in [3.05, 3.63) is 59.4 Å². The van der Waals surface area contributed by atoms with Crippen LogP contribution in [0.25, 0.3) is 0 Å². The number of urea groups is 1. The molecular weight excluding hydrogens is 424 g/mol. The van der Waals surface area contributed by atoms with Gasteiger partial charge >= 0.3 is 6.03 Å². The number of benzene rings is 2. The molecule has 11 heteroatoms. The Morgan fingerprint density at radius 3 is 2.65 bits per heavy atom. The minimum Gasteiger partial charge on any atom is -0.495 e. The number of amides is 2. The van der Waals surface area contributed by atoms with Crippen LogP contribution in [0.3, 0.4) is 0 Å². The topological polar surface area (TPSA) is 133 Å². The van der Waals surface area contributed by atoms with Crippen LogP contribution >= 0.6 is 11.6 Å². The molecule has 0 aliphatic rings. The van der Waals surface area contributed by atoms with Crippen LogP contribution < -0.4 is 25.8 Å². The van der Waals surface area contributed by atoms with Gasteiger partial charge in [0.25, 0.3) is 0 Å². The fraction of sp³-hybridized carbons (Fsp3) is 0.100. The fourth-order valence-electron chi connectivity index (χ4n) is 2.50. The van der Waals surface area contributed by atoms with Gasteiger partial charge in [-0.2, -0.15) is 0 Å². The number of ether oxygens (including phenoxy) is 2. The average molecular weight is 443 g/mol. The van der Waals surface area contributed by atoms with Crippen LogP contribution in [0.5, 0.6) is 17.4 Å². The van der Waals surface area contributed by atoms with Crippen molar-refractivity contribution in [3.8, 4) is 17.4 Å². The zero-order valence-corrected chi connectivity index (χ0v) is 17.4. The maximum Gasteiger partial charge on any atom is 0.323 e. The van der Waals surface area contributed by atoms with Gasteiger partial charge in [0, 0.05) is 6.07 Å². The molecule has 1 heterocycles. The van der Waals surface area contributed by atoms with Crippen molar-refractivity contribution in [2.24, 2.45) is 5.16 Å². The van der Waals surface area contributed by atoms with Crippen molar-refractivity contribution < 1.29 is 19.1 Å². The third kappa shape index (κ3) is 5.52. The second-order valence-corrected chi connectivity index (χ2v) is 6.33. The van der Waals surface area contributed by atoms with E-state index in [0.717, 1.165) is 0 Å². The molecule has 3 aromatic rings. The van der Waals surface area contributed by atoms with Gasteiger partial charge in [-0.25, -0.2) is 14.8 Å². The molecule has 0 aliphatic heterocycles. The normalized spacial score (nSPS) is 10.5. The molecule has 0 atom stereocenters. The molecule has 0 radical (unpaired) electrons. The summed E-state index contributed by atoms with van der Waals surface area (Å²) in [6.07, 6.45) is 2.60. The number of halogens is 1. The zero-order chi connectivity index (χ0) is 22.2. The smallest absolute Gasteiger partial charge is 0.323 e. The average Bonchev–Trinajstić information content (AvgIpc) is 2.75. The van der Waals surface area contributed by atoms with Crippen molar-refractivity contribution in [2.45, 2.75) is 0 Å². The van der Waals surface area contributed by atoms with E-state index in [4.69, 9.17) is 26.8 Å². The number of carbonyl (C=O) groups excluding carboxylic acids is 1. The lowest BCUT2D eigenvalue weighted by Gasteiger charge is -2.13. The summed E-state index contributed by atoms with van der Waals surface area (Å²) >= 11 is 6.30. The van der Waals surface area contributed by atoms with Gasteiger partial charge in [0.2, 0.25) is 5.88 Å². The molecule has 0 saturated heterocycles. The molecule has 0 saturated carbocycles. The quantitative estimate of drug-likeness (QED) is 0.370. The highest BCUT2D eigenvalue weighted by atomic mass is 35.5. The third-order valence-electron chi connectivity index (χ3n) is 3.92. The van der Waals surface area contributed by atoms with Gasteiger partial charge in [-0.1, -0.05) is 28.9 Å². The Labute approximate surface area is 183 Å². The molecule has 10 nitrogen and oxygen atoms in total. The largest absolute Gasteiger partial charge is 0.495 e. The second kappa shape index (κ2) is 10.1. The highest BCUT2D eigenvalue weighted by molar-refractivity contribution is 6.34. The monoisotopic (exact) mass is 442 g/mol. The Balaban J connectivity index is 1.73. The van der Waals surface area contributed by atoms with Crippen molar-refractivity contribution in [1.29, 1.82) is 0 Å². The molecule has 0 unspecified atom stereocenters. The van der Waals surface area contributed by atoms with Crippen molar-refractivity contribution in [2.75, 3.05) is 30.6 Å². The van der Waals surface area contributed by atoms with Gasteiger partial charge in [-0.3, -0.25) is 0 Å². The standard InChI is InChI=1S/C20H19ClN6O4/c1-29-17-6-4-3-5-16(17)27-20(28)26-15-8-7-12(9-14(15)21)31-19-13(10-25-30-2)18(22)23-11-24-19/h3-11H,1-2H3,(H2,22,23,24)(H2,26,27,28)/b25-10+. The van der Waals surface area contributed by atoms with E-state index in [9.17, 15) is 4.79 Å². The lowest BCUT2D eigenvalue weighted by molar-refractivity contribution is 0.215. The lowest BCUT2D eigenvalue weighted by atomic mass is 10.3. The van der Waals surface area contributed by atoms with Crippen LogP contribution in [-0.2, 0) is 4.84 Å². The van der Waals surface area contributed by atoms with Crippen LogP contribution in [0, 0.1) is 0 Å². The fourth-order valence-corrected chi connectivity index (χ4v) is 2.71. The number of anilines is 3. The van der Waals surface area contributed by atoms with E-state index in [1.165, 1.54) is 32.8 Å². The first-order chi connectivity index (χ1) is 15.0. The molecule has 0 aliphatic carbocycles. The Morgan fingerprint density at radius 1 is 1.13 bits per heavy atom. The van der Waals surface area contributed by atoms with Gasteiger partial charge in [-0.05, 0) is 24.3 Å². The molecule has 2 amide bonds. The minimum atomic E-state index is -0.485. The lowest BCUT2D eigenvalue weighted by Crippen LogP contribution is -2.20. The molecule has 31 heavy (non-hydrogen) atoms. The van der Waals surface area contributed by atoms with Gasteiger partial charge in [0.1, 0.15) is 36.3 Å². The maximum atomic E-state index is 12.3. The predicted molar refractivity (Wildman–Crippen MR) is 118 cm³/mol. The van der Waals surface area contributed by atoms with Gasteiger partial charge in [0.05, 0.1) is 29.7 Å². The first-order valence-corrected chi connectivity index (χ1v) is 9.25. The molecular formula is C20H19ClN6O4. The van der Waals surface area contributed by atoms with Crippen molar-refractivity contribution in [3.63, 3.8) is 0 Å². The zero-order valence-electron chi connectivity index (χ0n) is 16.6. The number of oxime groups is 1. The number of nitrogens with one attached hydrogen (secondary N) is 2. The number of nitrogens with two attached hydrogens (primary N) is 1. The summed E-state index contributed by atoms with van der Waals surface area (Å²) in [6.45, 7) is 0. The Kier molecular flexibility index (Phi) is 7.07. The number of nitrogens with zero attached hydrogens (tertiary/aromatic N) is 3. The minimum absolute atomic E-state index is 0.166. The van der Waals surface area contributed by atoms with Gasteiger partial charge in [0.15, 0.2) is 0 Å². The number of nitrogen functional groups attached to an aromatic ring is 1. The van der Waals surface area contributed by atoms with Crippen LogP contribution in [0.2, 0.25) is 5.02 Å². The molecule has 0 spiro atoms. The summed E-state index contributed by atoms with van der Waals surface area (Å²) < 4.78 is 11.0. The highest BCUT2D eigenvalue weighted by Crippen LogP contribution is 2.31. The van der Waals surface area contributed by atoms with E-state index in [0.29, 0.717) is 28.4 Å². The number of methoxy groups -OCH3 is 1. The highest BCUT2D eigenvalue weighted by Gasteiger charge is 2.13. The molecule has 2 aromatic carbocycles. The van der Waals surface area contributed by atoms with E-state index in [1.54, 1.807) is 36.4 Å². The van der Waals surface area contributed by atoms with Gasteiger partial charge in [-0.15, -0.1) is 0 Å². The number of aromatic nitrogens is 2. The third-order valence-corrected chi connectivity index (χ3v) is 4.24. The first kappa shape index (κ1) is 21.7. The van der Waals surface area contributed by atoms with Crippen LogP contribution in [0.15, 0.2) is 53.9 Å². The Bertz CT molecular complexity index is 1110. The number of hydrogen-bond donors (Lipinski definition) is 3. The van der Waals surface area contributed by atoms with E-state index < -0.39 is 6.03 Å². The molecule has 4 N–H and O–H groups in total. The van der Waals surface area contributed by atoms with Crippen molar-refractivity contribution in [1.82, 2.24) is 9.97 Å². The van der Waals surface area contributed by atoms with Crippen LogP contribution in [0.4, 0.5) is 22.0 Å². The maximum absolute atomic E-state index is 12.3. The summed E-state index contributed by atoms with van der Waals surface area (Å²) in [6, 6.07) is 11.3. The van der Waals surface area contributed by atoms with E-state index in [-0.39, 0.29) is 16.7 Å². The summed E-state index contributed by atoms with van der Waals surface area (Å²) in [7, 11) is 2.92. The van der Waals surface area contributed by atoms with Crippen molar-refractivity contribution >= 4 is 41.0 Å². The molecule has 1 aromatic heterocycles. The van der Waals surface area contributed by atoms with E-state index in [1.807, 2.05) is 0 Å². The summed E-state index contributed by atoms with van der Waals surface area (Å²) in [5.41, 5.74) is 7.09. The molecule has 3 rings (SSSR count). The summed E-state index contributed by atoms with van der Waals surface area (Å²) in [5, 5.41) is 9.29. The molecule has 0 fully saturated rings. The van der Waals surface area contributed by atoms with E-state index in [2.05, 4.69) is 30.6 Å². The summed E-state index contributed by atoms with van der Waals surface area (Å²) in [5.74, 6) is 1.23. The van der Waals surface area contributed by atoms with Crippen LogP contribution in [0.1, 0.15) is 5.56 Å². The Hall–Kier alpha value is -4.05. The number of hydrogen-bond acceptors (Lipinski definition) is 8. The molecule has 160 valence electrons. The summed E-state index contributed by atoms with van der Waals surface area (Å²) in [4.78, 5) is 25.0. The SMILES string of the molecule is CO/N=C/c1c(N)ncnc1Oc1ccc(NC(=O)Nc2ccccc2OC)c(Cl)c1. The number of rotatable bonds is 7. The number of para-hydroxylation sites is 2. The van der Waals surface area contributed by atoms with Crippen LogP contribution in [-0.4, -0.2) is 36.4 Å². The first-order valence-electron chi connectivity index (χ1n) is 8.87.